The number of nitrogens with one attached hydrogen (secondary N) is 1. The molecule has 1 aliphatic heterocycles. The lowest BCUT2D eigenvalue weighted by Gasteiger charge is -2.37. The van der Waals surface area contributed by atoms with Crippen molar-refractivity contribution in [1.29, 1.82) is 0 Å². The molecule has 1 fully saturated rings. The number of piperidine rings is 1. The Morgan fingerprint density at radius 2 is 2.19 bits per heavy atom. The van der Waals surface area contributed by atoms with Gasteiger partial charge in [0.25, 0.3) is 0 Å². The molecule has 94 valence electrons. The number of nitrogens with zero attached hydrogens (tertiary/aromatic N) is 1. The van der Waals surface area contributed by atoms with Gasteiger partial charge in [-0.3, -0.25) is 4.90 Å². The Bertz CT molecular complexity index is 213. The second kappa shape index (κ2) is 7.08. The third kappa shape index (κ3) is 4.67. The van der Waals surface area contributed by atoms with Crippen molar-refractivity contribution in [2.24, 2.45) is 5.92 Å². The highest BCUT2D eigenvalue weighted by molar-refractivity contribution is 5.01. The van der Waals surface area contributed by atoms with Crippen LogP contribution in [-0.4, -0.2) is 37.1 Å². The Morgan fingerprint density at radius 3 is 2.81 bits per heavy atom. The summed E-state index contributed by atoms with van der Waals surface area (Å²) in [6, 6.07) is 0.728. The maximum absolute atomic E-state index is 4.17. The molecule has 1 saturated heterocycles. The largest absolute Gasteiger partial charge is 0.313 e. The van der Waals surface area contributed by atoms with Gasteiger partial charge in [-0.15, -0.1) is 0 Å². The van der Waals surface area contributed by atoms with Gasteiger partial charge in [0.1, 0.15) is 0 Å². The molecule has 0 spiro atoms. The SMILES string of the molecule is C=C(CNCCC)CN1CCC(C)CC1C. The van der Waals surface area contributed by atoms with Gasteiger partial charge in [-0.25, -0.2) is 0 Å². The molecule has 0 saturated carbocycles. The smallest absolute Gasteiger partial charge is 0.0205 e. The minimum absolute atomic E-state index is 0.728. The highest BCUT2D eigenvalue weighted by Gasteiger charge is 2.22. The summed E-state index contributed by atoms with van der Waals surface area (Å²) in [4.78, 5) is 2.58. The summed E-state index contributed by atoms with van der Waals surface area (Å²) in [5.41, 5.74) is 1.33. The average molecular weight is 224 g/mol. The summed E-state index contributed by atoms with van der Waals surface area (Å²) in [6.45, 7) is 15.5. The van der Waals surface area contributed by atoms with Gasteiger partial charge in [0.15, 0.2) is 0 Å². The minimum atomic E-state index is 0.728. The molecule has 0 aliphatic carbocycles. The van der Waals surface area contributed by atoms with Gasteiger partial charge in [0, 0.05) is 19.1 Å². The maximum atomic E-state index is 4.17. The van der Waals surface area contributed by atoms with Gasteiger partial charge in [-0.1, -0.05) is 20.4 Å². The number of likely N-dealkylation sites (tertiary alicyclic amines) is 1. The van der Waals surface area contributed by atoms with Crippen LogP contribution in [0.5, 0.6) is 0 Å². The normalized spacial score (nSPS) is 26.9. The zero-order chi connectivity index (χ0) is 12.0. The van der Waals surface area contributed by atoms with Crippen molar-refractivity contribution in [3.05, 3.63) is 12.2 Å². The van der Waals surface area contributed by atoms with E-state index in [2.05, 4.69) is 37.6 Å². The van der Waals surface area contributed by atoms with E-state index >= 15 is 0 Å². The monoisotopic (exact) mass is 224 g/mol. The summed E-state index contributed by atoms with van der Waals surface area (Å²) in [7, 11) is 0. The van der Waals surface area contributed by atoms with E-state index in [4.69, 9.17) is 0 Å². The van der Waals surface area contributed by atoms with Crippen molar-refractivity contribution in [1.82, 2.24) is 10.2 Å². The molecular formula is C14H28N2. The molecule has 2 heteroatoms. The first kappa shape index (κ1) is 13.7. The van der Waals surface area contributed by atoms with Crippen LogP contribution in [0.25, 0.3) is 0 Å². The van der Waals surface area contributed by atoms with Gasteiger partial charge < -0.3 is 5.32 Å². The van der Waals surface area contributed by atoms with E-state index < -0.39 is 0 Å². The van der Waals surface area contributed by atoms with E-state index in [-0.39, 0.29) is 0 Å². The third-order valence-electron chi connectivity index (χ3n) is 3.50. The van der Waals surface area contributed by atoms with E-state index in [1.165, 1.54) is 31.4 Å². The summed E-state index contributed by atoms with van der Waals surface area (Å²) in [5.74, 6) is 0.901. The van der Waals surface area contributed by atoms with Crippen LogP contribution in [-0.2, 0) is 0 Å². The fourth-order valence-electron chi connectivity index (χ4n) is 2.48. The van der Waals surface area contributed by atoms with Crippen molar-refractivity contribution in [3.63, 3.8) is 0 Å². The lowest BCUT2D eigenvalue weighted by Crippen LogP contribution is -2.42. The second-order valence-corrected chi connectivity index (χ2v) is 5.38. The quantitative estimate of drug-likeness (QED) is 0.551. The first-order valence-corrected chi connectivity index (χ1v) is 6.74. The van der Waals surface area contributed by atoms with Crippen LogP contribution in [0.2, 0.25) is 0 Å². The highest BCUT2D eigenvalue weighted by atomic mass is 15.2. The summed E-state index contributed by atoms with van der Waals surface area (Å²) >= 11 is 0. The topological polar surface area (TPSA) is 15.3 Å². The first-order valence-electron chi connectivity index (χ1n) is 6.74. The van der Waals surface area contributed by atoms with Crippen molar-refractivity contribution in [2.45, 2.75) is 46.1 Å². The molecule has 0 aromatic rings. The van der Waals surface area contributed by atoms with E-state index in [1.54, 1.807) is 0 Å². The number of rotatable bonds is 6. The molecule has 0 radical (unpaired) electrons. The van der Waals surface area contributed by atoms with Crippen LogP contribution in [0.15, 0.2) is 12.2 Å². The standard InChI is InChI=1S/C14H28N2/c1-5-7-15-10-13(3)11-16-8-6-12(2)9-14(16)4/h12,14-15H,3,5-11H2,1-2,4H3. The van der Waals surface area contributed by atoms with Crippen LogP contribution in [0.4, 0.5) is 0 Å². The van der Waals surface area contributed by atoms with Gasteiger partial charge in [-0.2, -0.15) is 0 Å². The van der Waals surface area contributed by atoms with Crippen LogP contribution in [0, 0.1) is 5.92 Å². The lowest BCUT2D eigenvalue weighted by atomic mass is 9.93. The zero-order valence-electron chi connectivity index (χ0n) is 11.3. The average Bonchev–Trinajstić information content (AvgIpc) is 2.23. The van der Waals surface area contributed by atoms with Crippen molar-refractivity contribution >= 4 is 0 Å². The highest BCUT2D eigenvalue weighted by Crippen LogP contribution is 2.22. The predicted octanol–water partition coefficient (Wildman–Crippen LogP) is 2.66. The fourth-order valence-corrected chi connectivity index (χ4v) is 2.48. The van der Waals surface area contributed by atoms with Crippen molar-refractivity contribution < 1.29 is 0 Å². The van der Waals surface area contributed by atoms with Crippen LogP contribution in [0.1, 0.15) is 40.0 Å². The Kier molecular flexibility index (Phi) is 6.07. The lowest BCUT2D eigenvalue weighted by molar-refractivity contribution is 0.140. The van der Waals surface area contributed by atoms with E-state index in [9.17, 15) is 0 Å². The van der Waals surface area contributed by atoms with E-state index in [1.807, 2.05) is 0 Å². The molecule has 0 aromatic heterocycles. The predicted molar refractivity (Wildman–Crippen MR) is 71.7 cm³/mol. The molecule has 2 unspecified atom stereocenters. The zero-order valence-corrected chi connectivity index (χ0v) is 11.3. The molecule has 1 heterocycles. The Labute approximate surface area is 101 Å². The fraction of sp³-hybridized carbons (Fsp3) is 0.857. The van der Waals surface area contributed by atoms with Gasteiger partial charge in [0.2, 0.25) is 0 Å². The van der Waals surface area contributed by atoms with Crippen molar-refractivity contribution in [2.75, 3.05) is 26.2 Å². The molecule has 2 atom stereocenters. The molecule has 16 heavy (non-hydrogen) atoms. The number of hydrogen-bond acceptors (Lipinski definition) is 2. The van der Waals surface area contributed by atoms with Crippen LogP contribution >= 0.6 is 0 Å². The van der Waals surface area contributed by atoms with Gasteiger partial charge in [0.05, 0.1) is 0 Å². The molecule has 1 aliphatic rings. The van der Waals surface area contributed by atoms with Crippen LogP contribution in [0.3, 0.4) is 0 Å². The minimum Gasteiger partial charge on any atom is -0.313 e. The van der Waals surface area contributed by atoms with Crippen LogP contribution < -0.4 is 5.32 Å². The Morgan fingerprint density at radius 1 is 1.44 bits per heavy atom. The maximum Gasteiger partial charge on any atom is 0.0205 e. The Hall–Kier alpha value is -0.340. The number of hydrogen-bond donors (Lipinski definition) is 1. The molecule has 0 amide bonds. The molecule has 2 nitrogen and oxygen atoms in total. The molecule has 1 rings (SSSR count). The molecular weight excluding hydrogens is 196 g/mol. The summed E-state index contributed by atoms with van der Waals surface area (Å²) < 4.78 is 0. The molecule has 0 aromatic carbocycles. The summed E-state index contributed by atoms with van der Waals surface area (Å²) in [6.07, 6.45) is 3.89. The van der Waals surface area contributed by atoms with E-state index in [0.717, 1.165) is 31.6 Å². The van der Waals surface area contributed by atoms with E-state index in [0.29, 0.717) is 0 Å². The van der Waals surface area contributed by atoms with Crippen molar-refractivity contribution in [3.8, 4) is 0 Å². The molecule has 1 N–H and O–H groups in total. The molecule has 0 bridgehead atoms. The second-order valence-electron chi connectivity index (χ2n) is 5.38. The van der Waals surface area contributed by atoms with Gasteiger partial charge in [-0.05, 0) is 50.8 Å². The third-order valence-corrected chi connectivity index (χ3v) is 3.50. The summed E-state index contributed by atoms with van der Waals surface area (Å²) in [5, 5.41) is 3.42. The first-order chi connectivity index (χ1) is 7.63. The Balaban J connectivity index is 2.22. The van der Waals surface area contributed by atoms with Gasteiger partial charge >= 0.3 is 0 Å².